The molecule has 0 aliphatic heterocycles. The fourth-order valence-corrected chi connectivity index (χ4v) is 2.43. The number of fused-ring (bicyclic) bond motifs is 1. The highest BCUT2D eigenvalue weighted by atomic mass is 16.5. The predicted molar refractivity (Wildman–Crippen MR) is 92.0 cm³/mol. The molecule has 7 nitrogen and oxygen atoms in total. The number of imidazole rings is 1. The van der Waals surface area contributed by atoms with Gasteiger partial charge in [-0.2, -0.15) is 4.98 Å². The van der Waals surface area contributed by atoms with Gasteiger partial charge in [0.1, 0.15) is 0 Å². The summed E-state index contributed by atoms with van der Waals surface area (Å²) in [5, 5.41) is 4.31. The van der Waals surface area contributed by atoms with Crippen molar-refractivity contribution in [2.24, 2.45) is 7.05 Å². The molecule has 0 unspecified atom stereocenters. The van der Waals surface area contributed by atoms with E-state index in [4.69, 9.17) is 4.74 Å². The van der Waals surface area contributed by atoms with Gasteiger partial charge in [-0.05, 0) is 11.8 Å². The molecule has 4 aromatic rings. The van der Waals surface area contributed by atoms with E-state index in [1.807, 2.05) is 48.1 Å². The van der Waals surface area contributed by atoms with E-state index in [0.29, 0.717) is 23.2 Å². The van der Waals surface area contributed by atoms with Gasteiger partial charge in [-0.15, -0.1) is 5.10 Å². The van der Waals surface area contributed by atoms with Crippen molar-refractivity contribution in [1.29, 1.82) is 0 Å². The minimum atomic E-state index is 0.385. The summed E-state index contributed by atoms with van der Waals surface area (Å²) in [6.45, 7) is 0. The summed E-state index contributed by atoms with van der Waals surface area (Å²) in [5.41, 5.74) is 2.45. The minimum absolute atomic E-state index is 0.385. The lowest BCUT2D eigenvalue weighted by molar-refractivity contribution is 0.399. The Balaban J connectivity index is 1.69. The quantitative estimate of drug-likeness (QED) is 0.525. The molecule has 3 heterocycles. The van der Waals surface area contributed by atoms with Crippen molar-refractivity contribution in [3.8, 4) is 29.0 Å². The van der Waals surface area contributed by atoms with Crippen LogP contribution in [0.3, 0.4) is 0 Å². The van der Waals surface area contributed by atoms with Crippen LogP contribution in [-0.2, 0) is 7.05 Å². The van der Waals surface area contributed by atoms with Gasteiger partial charge in [0.05, 0.1) is 12.8 Å². The smallest absolute Gasteiger partial charge is 0.259 e. The van der Waals surface area contributed by atoms with E-state index >= 15 is 0 Å². The maximum Gasteiger partial charge on any atom is 0.259 e. The van der Waals surface area contributed by atoms with Gasteiger partial charge in [-0.1, -0.05) is 30.3 Å². The lowest BCUT2D eigenvalue weighted by atomic mass is 10.2. The third-order valence-corrected chi connectivity index (χ3v) is 3.65. The Bertz CT molecular complexity index is 1100. The van der Waals surface area contributed by atoms with Crippen LogP contribution in [-0.4, -0.2) is 36.2 Å². The highest BCUT2D eigenvalue weighted by Gasteiger charge is 2.08. The Morgan fingerprint density at radius 2 is 1.92 bits per heavy atom. The average molecular weight is 330 g/mol. The van der Waals surface area contributed by atoms with Crippen molar-refractivity contribution in [2.75, 3.05) is 7.11 Å². The zero-order valence-corrected chi connectivity index (χ0v) is 13.7. The van der Waals surface area contributed by atoms with Crippen LogP contribution in [0.2, 0.25) is 0 Å². The summed E-state index contributed by atoms with van der Waals surface area (Å²) in [7, 11) is 3.45. The van der Waals surface area contributed by atoms with Gasteiger partial charge in [-0.3, -0.25) is 0 Å². The van der Waals surface area contributed by atoms with Crippen LogP contribution in [0.25, 0.3) is 16.9 Å². The molecule has 0 aliphatic rings. The van der Waals surface area contributed by atoms with Gasteiger partial charge in [0, 0.05) is 31.2 Å². The van der Waals surface area contributed by atoms with Gasteiger partial charge in [-0.25, -0.2) is 14.5 Å². The first kappa shape index (κ1) is 14.9. The van der Waals surface area contributed by atoms with Gasteiger partial charge < -0.3 is 9.30 Å². The molecular formula is C18H14N6O. The van der Waals surface area contributed by atoms with E-state index in [0.717, 1.165) is 11.3 Å². The van der Waals surface area contributed by atoms with E-state index in [-0.39, 0.29) is 0 Å². The Kier molecular flexibility index (Phi) is 3.63. The van der Waals surface area contributed by atoms with E-state index < -0.39 is 0 Å². The molecule has 0 spiro atoms. The molecular weight excluding hydrogens is 316 g/mol. The molecule has 4 rings (SSSR count). The van der Waals surface area contributed by atoms with Crippen molar-refractivity contribution in [1.82, 2.24) is 29.1 Å². The van der Waals surface area contributed by atoms with Gasteiger partial charge >= 0.3 is 0 Å². The number of aromatic nitrogens is 6. The lowest BCUT2D eigenvalue weighted by Crippen LogP contribution is -1.93. The first-order chi connectivity index (χ1) is 12.2. The van der Waals surface area contributed by atoms with Crippen LogP contribution < -0.4 is 4.74 Å². The van der Waals surface area contributed by atoms with Crippen LogP contribution in [0, 0.1) is 11.8 Å². The van der Waals surface area contributed by atoms with Crippen molar-refractivity contribution in [3.63, 3.8) is 0 Å². The molecule has 0 N–H and O–H groups in total. The monoisotopic (exact) mass is 330 g/mol. The second kappa shape index (κ2) is 6.09. The third kappa shape index (κ3) is 2.81. The molecule has 0 radical (unpaired) electrons. The number of hydrogen-bond donors (Lipinski definition) is 0. The van der Waals surface area contributed by atoms with Crippen LogP contribution in [0.4, 0.5) is 0 Å². The van der Waals surface area contributed by atoms with Crippen molar-refractivity contribution >= 4 is 5.65 Å². The maximum absolute atomic E-state index is 5.18. The first-order valence-electron chi connectivity index (χ1n) is 7.61. The number of benzene rings is 1. The zero-order valence-electron chi connectivity index (χ0n) is 13.7. The number of nitrogens with zero attached hydrogens (tertiary/aromatic N) is 6. The largest absolute Gasteiger partial charge is 0.478 e. The number of ether oxygens (including phenoxy) is 1. The molecule has 0 fully saturated rings. The van der Waals surface area contributed by atoms with Gasteiger partial charge in [0.15, 0.2) is 5.82 Å². The number of hydrogen-bond acceptors (Lipinski definition) is 5. The summed E-state index contributed by atoms with van der Waals surface area (Å²) in [5.74, 6) is 7.40. The normalized spacial score (nSPS) is 10.5. The summed E-state index contributed by atoms with van der Waals surface area (Å²) in [6.07, 6.45) is 5.25. The topological polar surface area (TPSA) is 70.1 Å². The average Bonchev–Trinajstić information content (AvgIpc) is 3.23. The maximum atomic E-state index is 5.18. The summed E-state index contributed by atoms with van der Waals surface area (Å²) in [4.78, 5) is 13.0. The van der Waals surface area contributed by atoms with Gasteiger partial charge in [0.2, 0.25) is 11.5 Å². The van der Waals surface area contributed by atoms with Crippen molar-refractivity contribution < 1.29 is 4.74 Å². The van der Waals surface area contributed by atoms with E-state index in [9.17, 15) is 0 Å². The fourth-order valence-electron chi connectivity index (χ4n) is 2.43. The Hall–Kier alpha value is -3.66. The molecule has 0 aliphatic carbocycles. The van der Waals surface area contributed by atoms with Crippen molar-refractivity contribution in [2.45, 2.75) is 0 Å². The van der Waals surface area contributed by atoms with Crippen LogP contribution in [0.15, 0.2) is 48.9 Å². The zero-order chi connectivity index (χ0) is 17.2. The number of aryl methyl sites for hydroxylation is 1. The number of methoxy groups -OCH3 is 1. The summed E-state index contributed by atoms with van der Waals surface area (Å²) < 4.78 is 8.65. The van der Waals surface area contributed by atoms with Crippen LogP contribution >= 0.6 is 0 Å². The molecule has 122 valence electrons. The van der Waals surface area contributed by atoms with E-state index in [1.165, 1.54) is 0 Å². The first-order valence-corrected chi connectivity index (χ1v) is 7.61. The van der Waals surface area contributed by atoms with Gasteiger partial charge in [0.25, 0.3) is 5.88 Å². The molecule has 0 bridgehead atoms. The fraction of sp³-hybridized carbons (Fsp3) is 0.111. The second-order valence-corrected chi connectivity index (χ2v) is 5.32. The van der Waals surface area contributed by atoms with Crippen LogP contribution in [0.5, 0.6) is 5.88 Å². The minimum Gasteiger partial charge on any atom is -0.478 e. The molecule has 25 heavy (non-hydrogen) atoms. The predicted octanol–water partition coefficient (Wildman–Crippen LogP) is 1.93. The van der Waals surface area contributed by atoms with Crippen LogP contribution in [0.1, 0.15) is 11.6 Å². The molecule has 0 saturated carbocycles. The Morgan fingerprint density at radius 1 is 1.08 bits per heavy atom. The Morgan fingerprint density at radius 3 is 2.72 bits per heavy atom. The Labute approximate surface area is 144 Å². The molecule has 0 atom stereocenters. The third-order valence-electron chi connectivity index (χ3n) is 3.65. The SMILES string of the molecule is COc1nccn2nc(C#Cc3nc(-c4ccccc4)cn3C)nc12. The van der Waals surface area contributed by atoms with Crippen molar-refractivity contribution in [3.05, 3.63) is 60.6 Å². The molecule has 3 aromatic heterocycles. The molecule has 7 heteroatoms. The lowest BCUT2D eigenvalue weighted by Gasteiger charge is -1.96. The second-order valence-electron chi connectivity index (χ2n) is 5.32. The standard InChI is InChI=1S/C18H14N6O/c1-23-12-14(13-6-4-3-5-7-13)20-16(23)9-8-15-21-17-18(25-2)19-10-11-24(17)22-15/h3-7,10-12H,1-2H3. The number of rotatable bonds is 2. The van der Waals surface area contributed by atoms with E-state index in [1.54, 1.807) is 24.0 Å². The summed E-state index contributed by atoms with van der Waals surface area (Å²) in [6, 6.07) is 9.98. The molecule has 0 amide bonds. The molecule has 0 saturated heterocycles. The highest BCUT2D eigenvalue weighted by molar-refractivity contribution is 5.59. The molecule has 1 aromatic carbocycles. The van der Waals surface area contributed by atoms with E-state index in [2.05, 4.69) is 31.9 Å². The highest BCUT2D eigenvalue weighted by Crippen LogP contribution is 2.17. The summed E-state index contributed by atoms with van der Waals surface area (Å²) >= 11 is 0.